The number of ether oxygens (including phenoxy) is 3. The molecule has 9 heteroatoms. The van der Waals surface area contributed by atoms with Crippen molar-refractivity contribution in [3.05, 3.63) is 70.7 Å². The summed E-state index contributed by atoms with van der Waals surface area (Å²) in [6, 6.07) is 17.8. The molecule has 0 radical (unpaired) electrons. The molecule has 8 nitrogen and oxygen atoms in total. The summed E-state index contributed by atoms with van der Waals surface area (Å²) in [5, 5.41) is 7.01. The van der Waals surface area contributed by atoms with Gasteiger partial charge in [-0.2, -0.15) is 4.98 Å². The van der Waals surface area contributed by atoms with Crippen molar-refractivity contribution in [3.8, 4) is 40.1 Å². The van der Waals surface area contributed by atoms with Gasteiger partial charge in [-0.15, -0.1) is 0 Å². The van der Waals surface area contributed by atoms with Crippen LogP contribution in [0.25, 0.3) is 22.8 Å². The van der Waals surface area contributed by atoms with E-state index in [1.807, 2.05) is 24.3 Å². The van der Waals surface area contributed by atoms with E-state index < -0.39 is 0 Å². The van der Waals surface area contributed by atoms with Gasteiger partial charge in [0.25, 0.3) is 11.8 Å². The third-order valence-electron chi connectivity index (χ3n) is 4.86. The molecule has 3 aromatic carbocycles. The lowest BCUT2D eigenvalue weighted by molar-refractivity contribution is 0.102. The SMILES string of the molecule is COc1cc(-c2noc(-c3ccccc3NC(=O)c3ccc(Br)cc3)n2)cc(OC)c1OC. The number of amides is 1. The number of benzene rings is 3. The summed E-state index contributed by atoms with van der Waals surface area (Å²) in [4.78, 5) is 17.2. The first kappa shape index (κ1) is 22.3. The highest BCUT2D eigenvalue weighted by molar-refractivity contribution is 9.10. The molecule has 1 heterocycles. The molecule has 168 valence electrons. The van der Waals surface area contributed by atoms with Crippen LogP contribution in [0.2, 0.25) is 0 Å². The zero-order valence-electron chi connectivity index (χ0n) is 18.1. The highest BCUT2D eigenvalue weighted by Gasteiger charge is 2.19. The van der Waals surface area contributed by atoms with Crippen LogP contribution in [0, 0.1) is 0 Å². The highest BCUT2D eigenvalue weighted by atomic mass is 79.9. The maximum Gasteiger partial charge on any atom is 0.260 e. The van der Waals surface area contributed by atoms with Gasteiger partial charge in [0.1, 0.15) is 0 Å². The summed E-state index contributed by atoms with van der Waals surface area (Å²) >= 11 is 3.37. The Morgan fingerprint density at radius 2 is 1.61 bits per heavy atom. The van der Waals surface area contributed by atoms with Crippen molar-refractivity contribution in [2.75, 3.05) is 26.6 Å². The van der Waals surface area contributed by atoms with Gasteiger partial charge in [0.15, 0.2) is 11.5 Å². The van der Waals surface area contributed by atoms with Crippen LogP contribution in [0.4, 0.5) is 5.69 Å². The van der Waals surface area contributed by atoms with Crippen molar-refractivity contribution in [2.45, 2.75) is 0 Å². The van der Waals surface area contributed by atoms with Gasteiger partial charge < -0.3 is 24.1 Å². The second-order valence-corrected chi connectivity index (χ2v) is 7.76. The summed E-state index contributed by atoms with van der Waals surface area (Å²) in [5.74, 6) is 1.75. The van der Waals surface area contributed by atoms with E-state index in [1.165, 1.54) is 21.3 Å². The molecule has 0 saturated heterocycles. The Morgan fingerprint density at radius 3 is 2.24 bits per heavy atom. The van der Waals surface area contributed by atoms with E-state index in [0.717, 1.165) is 4.47 Å². The average molecular weight is 510 g/mol. The number of anilines is 1. The van der Waals surface area contributed by atoms with E-state index in [9.17, 15) is 4.79 Å². The zero-order valence-corrected chi connectivity index (χ0v) is 19.7. The summed E-state index contributed by atoms with van der Waals surface area (Å²) in [6.07, 6.45) is 0. The maximum atomic E-state index is 12.7. The fraction of sp³-hybridized carbons (Fsp3) is 0.125. The molecule has 4 rings (SSSR count). The Hall–Kier alpha value is -3.85. The summed E-state index contributed by atoms with van der Waals surface area (Å²) in [5.41, 5.74) is 2.28. The van der Waals surface area contributed by atoms with Gasteiger partial charge in [0, 0.05) is 15.6 Å². The molecule has 0 atom stereocenters. The Morgan fingerprint density at radius 1 is 0.939 bits per heavy atom. The van der Waals surface area contributed by atoms with Crippen molar-refractivity contribution >= 4 is 27.5 Å². The van der Waals surface area contributed by atoms with Gasteiger partial charge in [-0.3, -0.25) is 4.79 Å². The van der Waals surface area contributed by atoms with Crippen LogP contribution in [0.5, 0.6) is 17.2 Å². The standard InChI is InChI=1S/C24H20BrN3O5/c1-30-19-12-15(13-20(31-2)21(19)32-3)22-27-24(33-28-22)17-6-4-5-7-18(17)26-23(29)14-8-10-16(25)11-9-14/h4-13H,1-3H3,(H,26,29). The lowest BCUT2D eigenvalue weighted by Gasteiger charge is -2.12. The van der Waals surface area contributed by atoms with Crippen molar-refractivity contribution in [3.63, 3.8) is 0 Å². The fourth-order valence-electron chi connectivity index (χ4n) is 3.23. The number of carbonyl (C=O) groups is 1. The Kier molecular flexibility index (Phi) is 6.60. The van der Waals surface area contributed by atoms with Gasteiger partial charge in [0.2, 0.25) is 11.6 Å². The number of para-hydroxylation sites is 1. The molecule has 0 aliphatic heterocycles. The smallest absolute Gasteiger partial charge is 0.260 e. The lowest BCUT2D eigenvalue weighted by Crippen LogP contribution is -2.12. The molecule has 1 aromatic heterocycles. The van der Waals surface area contributed by atoms with Crippen LogP contribution >= 0.6 is 15.9 Å². The van der Waals surface area contributed by atoms with E-state index >= 15 is 0 Å². The molecule has 1 amide bonds. The van der Waals surface area contributed by atoms with E-state index in [4.69, 9.17) is 18.7 Å². The summed E-state index contributed by atoms with van der Waals surface area (Å²) in [6.45, 7) is 0. The quantitative estimate of drug-likeness (QED) is 0.354. The third-order valence-corrected chi connectivity index (χ3v) is 5.39. The van der Waals surface area contributed by atoms with Crippen LogP contribution in [0.1, 0.15) is 10.4 Å². The van der Waals surface area contributed by atoms with Gasteiger partial charge >= 0.3 is 0 Å². The minimum Gasteiger partial charge on any atom is -0.493 e. The van der Waals surface area contributed by atoms with Crippen molar-refractivity contribution in [1.29, 1.82) is 0 Å². The molecule has 0 fully saturated rings. The Balaban J connectivity index is 1.66. The normalized spacial score (nSPS) is 10.5. The number of carbonyl (C=O) groups excluding carboxylic acids is 1. The molecular formula is C24H20BrN3O5. The number of nitrogens with zero attached hydrogens (tertiary/aromatic N) is 2. The van der Waals surface area contributed by atoms with Gasteiger partial charge in [0.05, 0.1) is 32.6 Å². The monoisotopic (exact) mass is 509 g/mol. The van der Waals surface area contributed by atoms with Crippen LogP contribution in [0.3, 0.4) is 0 Å². The first-order valence-corrected chi connectivity index (χ1v) is 10.6. The topological polar surface area (TPSA) is 95.7 Å². The largest absolute Gasteiger partial charge is 0.493 e. The minimum atomic E-state index is -0.251. The Bertz CT molecular complexity index is 1260. The second-order valence-electron chi connectivity index (χ2n) is 6.84. The molecule has 0 bridgehead atoms. The number of nitrogens with one attached hydrogen (secondary N) is 1. The average Bonchev–Trinajstić information content (AvgIpc) is 3.34. The molecule has 0 aliphatic carbocycles. The molecule has 0 unspecified atom stereocenters. The van der Waals surface area contributed by atoms with Crippen molar-refractivity contribution in [1.82, 2.24) is 10.1 Å². The van der Waals surface area contributed by atoms with Crippen molar-refractivity contribution in [2.24, 2.45) is 0 Å². The van der Waals surface area contributed by atoms with Crippen LogP contribution in [-0.2, 0) is 0 Å². The van der Waals surface area contributed by atoms with Crippen molar-refractivity contribution < 1.29 is 23.5 Å². The fourth-order valence-corrected chi connectivity index (χ4v) is 3.50. The first-order chi connectivity index (χ1) is 16.0. The number of rotatable bonds is 7. The number of hydrogen-bond donors (Lipinski definition) is 1. The van der Waals surface area contributed by atoms with Gasteiger partial charge in [-0.1, -0.05) is 33.2 Å². The molecule has 0 saturated carbocycles. The van der Waals surface area contributed by atoms with Gasteiger partial charge in [-0.25, -0.2) is 0 Å². The van der Waals surface area contributed by atoms with E-state index in [2.05, 4.69) is 31.4 Å². The van der Waals surface area contributed by atoms with Crippen LogP contribution < -0.4 is 19.5 Å². The second kappa shape index (κ2) is 9.74. The maximum absolute atomic E-state index is 12.7. The number of halogens is 1. The highest BCUT2D eigenvalue weighted by Crippen LogP contribution is 2.41. The number of methoxy groups -OCH3 is 3. The molecule has 0 aliphatic rings. The minimum absolute atomic E-state index is 0.251. The van der Waals surface area contributed by atoms with Gasteiger partial charge in [-0.05, 0) is 48.5 Å². The van der Waals surface area contributed by atoms with Crippen LogP contribution in [0.15, 0.2) is 69.7 Å². The molecule has 33 heavy (non-hydrogen) atoms. The summed E-state index contributed by atoms with van der Waals surface area (Å²) in [7, 11) is 4.60. The van der Waals surface area contributed by atoms with E-state index in [1.54, 1.807) is 36.4 Å². The molecule has 4 aromatic rings. The molecule has 0 spiro atoms. The van der Waals surface area contributed by atoms with Crippen LogP contribution in [-0.4, -0.2) is 37.4 Å². The zero-order chi connectivity index (χ0) is 23.4. The molecule has 1 N–H and O–H groups in total. The Labute approximate surface area is 198 Å². The summed E-state index contributed by atoms with van der Waals surface area (Å²) < 4.78 is 22.6. The number of hydrogen-bond acceptors (Lipinski definition) is 7. The van der Waals surface area contributed by atoms with E-state index in [-0.39, 0.29) is 11.8 Å². The van der Waals surface area contributed by atoms with E-state index in [0.29, 0.717) is 45.5 Å². The number of aromatic nitrogens is 2. The first-order valence-electron chi connectivity index (χ1n) is 9.84. The lowest BCUT2D eigenvalue weighted by atomic mass is 10.1. The molecular weight excluding hydrogens is 490 g/mol. The predicted octanol–water partition coefficient (Wildman–Crippen LogP) is 5.44. The third kappa shape index (κ3) is 4.68. The predicted molar refractivity (Wildman–Crippen MR) is 127 cm³/mol.